The van der Waals surface area contributed by atoms with E-state index in [0.29, 0.717) is 4.47 Å². The monoisotopic (exact) mass is 328 g/mol. The zero-order valence-corrected chi connectivity index (χ0v) is 11.0. The maximum Gasteiger partial charge on any atom is 0.387 e. The number of alkyl halides is 2. The van der Waals surface area contributed by atoms with Gasteiger partial charge < -0.3 is 9.47 Å². The standard InChI is InChI=1S/C10H8BrClF2O3/c1-2-16-9(15)5-3-4-6(11)7(12)8(5)17-10(13)14/h3-4,10H,2H2,1H3. The normalized spacial score (nSPS) is 10.5. The maximum absolute atomic E-state index is 12.2. The Morgan fingerprint density at radius 1 is 1.53 bits per heavy atom. The number of carbonyl (C=O) groups excluding carboxylic acids is 1. The zero-order valence-electron chi connectivity index (χ0n) is 8.68. The number of rotatable bonds is 4. The lowest BCUT2D eigenvalue weighted by Crippen LogP contribution is -2.11. The molecule has 0 radical (unpaired) electrons. The summed E-state index contributed by atoms with van der Waals surface area (Å²) in [6.45, 7) is -1.35. The predicted molar refractivity (Wildman–Crippen MR) is 61.7 cm³/mol. The van der Waals surface area contributed by atoms with E-state index < -0.39 is 18.3 Å². The second-order valence-electron chi connectivity index (χ2n) is 2.84. The third kappa shape index (κ3) is 3.54. The van der Waals surface area contributed by atoms with Crippen LogP contribution < -0.4 is 4.74 Å². The van der Waals surface area contributed by atoms with E-state index in [2.05, 4.69) is 20.7 Å². The van der Waals surface area contributed by atoms with Crippen LogP contribution in [0, 0.1) is 0 Å². The van der Waals surface area contributed by atoms with Crippen LogP contribution in [0.2, 0.25) is 5.02 Å². The van der Waals surface area contributed by atoms with Crippen molar-refractivity contribution in [3.05, 3.63) is 27.2 Å². The Bertz CT molecular complexity index is 426. The minimum Gasteiger partial charge on any atom is -0.462 e. The van der Waals surface area contributed by atoms with Gasteiger partial charge in [0, 0.05) is 4.47 Å². The van der Waals surface area contributed by atoms with Gasteiger partial charge in [-0.2, -0.15) is 8.78 Å². The quantitative estimate of drug-likeness (QED) is 0.786. The molecule has 94 valence electrons. The molecule has 0 heterocycles. The molecule has 0 unspecified atom stereocenters. The van der Waals surface area contributed by atoms with Gasteiger partial charge in [-0.15, -0.1) is 0 Å². The van der Waals surface area contributed by atoms with Crippen LogP contribution in [0.15, 0.2) is 16.6 Å². The van der Waals surface area contributed by atoms with Gasteiger partial charge in [0.2, 0.25) is 0 Å². The van der Waals surface area contributed by atoms with Crippen molar-refractivity contribution in [2.24, 2.45) is 0 Å². The van der Waals surface area contributed by atoms with Gasteiger partial charge in [-0.3, -0.25) is 0 Å². The third-order valence-corrected chi connectivity index (χ3v) is 3.02. The minimum absolute atomic E-state index is 0.101. The zero-order chi connectivity index (χ0) is 13.0. The molecule has 0 aliphatic carbocycles. The first-order valence-corrected chi connectivity index (χ1v) is 5.74. The van der Waals surface area contributed by atoms with E-state index in [-0.39, 0.29) is 17.2 Å². The number of ether oxygens (including phenoxy) is 2. The molecule has 0 bridgehead atoms. The fraction of sp³-hybridized carbons (Fsp3) is 0.300. The summed E-state index contributed by atoms with van der Waals surface area (Å²) < 4.78 is 33.7. The lowest BCUT2D eigenvalue weighted by Gasteiger charge is -2.12. The lowest BCUT2D eigenvalue weighted by molar-refractivity contribution is -0.0504. The van der Waals surface area contributed by atoms with Crippen LogP contribution in [0.1, 0.15) is 17.3 Å². The SMILES string of the molecule is CCOC(=O)c1ccc(Br)c(Cl)c1OC(F)F. The molecule has 7 heteroatoms. The number of esters is 1. The van der Waals surface area contributed by atoms with E-state index >= 15 is 0 Å². The van der Waals surface area contributed by atoms with Crippen LogP contribution in [0.5, 0.6) is 5.75 Å². The van der Waals surface area contributed by atoms with Crippen LogP contribution in [0.3, 0.4) is 0 Å². The summed E-state index contributed by atoms with van der Waals surface area (Å²) >= 11 is 8.82. The lowest BCUT2D eigenvalue weighted by atomic mass is 10.2. The van der Waals surface area contributed by atoms with E-state index in [0.717, 1.165) is 0 Å². The van der Waals surface area contributed by atoms with E-state index in [1.807, 2.05) is 0 Å². The molecule has 0 N–H and O–H groups in total. The Labute approximate surface area is 110 Å². The van der Waals surface area contributed by atoms with E-state index in [1.165, 1.54) is 12.1 Å². The average Bonchev–Trinajstić information content (AvgIpc) is 2.24. The van der Waals surface area contributed by atoms with E-state index in [1.54, 1.807) is 6.92 Å². The van der Waals surface area contributed by atoms with Crippen molar-refractivity contribution in [1.82, 2.24) is 0 Å². The molecule has 0 amide bonds. The highest BCUT2D eigenvalue weighted by Gasteiger charge is 2.21. The first-order chi connectivity index (χ1) is 7.97. The fourth-order valence-corrected chi connectivity index (χ4v) is 1.63. The van der Waals surface area contributed by atoms with Crippen LogP contribution >= 0.6 is 27.5 Å². The summed E-state index contributed by atoms with van der Waals surface area (Å²) in [7, 11) is 0. The minimum atomic E-state index is -3.07. The van der Waals surface area contributed by atoms with Crippen LogP contribution in [0.4, 0.5) is 8.78 Å². The molecule has 0 fully saturated rings. The van der Waals surface area contributed by atoms with Gasteiger partial charge in [0.15, 0.2) is 5.75 Å². The number of hydrogen-bond donors (Lipinski definition) is 0. The predicted octanol–water partition coefficient (Wildman–Crippen LogP) is 3.88. The molecule has 0 spiro atoms. The molecule has 1 aromatic carbocycles. The van der Waals surface area contributed by atoms with Crippen molar-refractivity contribution in [2.75, 3.05) is 6.61 Å². The second kappa shape index (κ2) is 6.16. The van der Waals surface area contributed by atoms with Gasteiger partial charge in [0.05, 0.1) is 11.6 Å². The van der Waals surface area contributed by atoms with Crippen LogP contribution in [0.25, 0.3) is 0 Å². The molecule has 0 aliphatic rings. The van der Waals surface area contributed by atoms with Crippen molar-refractivity contribution in [1.29, 1.82) is 0 Å². The summed E-state index contributed by atoms with van der Waals surface area (Å²) in [5.41, 5.74) is -0.139. The third-order valence-electron chi connectivity index (χ3n) is 1.75. The van der Waals surface area contributed by atoms with Crippen LogP contribution in [-0.2, 0) is 4.74 Å². The summed E-state index contributed by atoms with van der Waals surface area (Å²) in [6.07, 6.45) is 0. The van der Waals surface area contributed by atoms with Gasteiger partial charge in [0.25, 0.3) is 0 Å². The topological polar surface area (TPSA) is 35.5 Å². The smallest absolute Gasteiger partial charge is 0.387 e. The Morgan fingerprint density at radius 3 is 2.71 bits per heavy atom. The van der Waals surface area contributed by atoms with Crippen molar-refractivity contribution < 1.29 is 23.0 Å². The molecular weight excluding hydrogens is 321 g/mol. The van der Waals surface area contributed by atoms with Crippen molar-refractivity contribution >= 4 is 33.5 Å². The van der Waals surface area contributed by atoms with Crippen molar-refractivity contribution in [2.45, 2.75) is 13.5 Å². The van der Waals surface area contributed by atoms with Crippen molar-refractivity contribution in [3.63, 3.8) is 0 Å². The van der Waals surface area contributed by atoms with Gasteiger partial charge >= 0.3 is 12.6 Å². The number of benzene rings is 1. The molecule has 0 aliphatic heterocycles. The largest absolute Gasteiger partial charge is 0.462 e. The molecule has 0 atom stereocenters. The van der Waals surface area contributed by atoms with Crippen LogP contribution in [-0.4, -0.2) is 19.2 Å². The summed E-state index contributed by atoms with van der Waals surface area (Å²) in [5.74, 6) is -1.16. The first-order valence-electron chi connectivity index (χ1n) is 4.57. The summed E-state index contributed by atoms with van der Waals surface area (Å²) in [5, 5.41) is -0.101. The molecular formula is C10H8BrClF2O3. The Morgan fingerprint density at radius 2 is 2.18 bits per heavy atom. The van der Waals surface area contributed by atoms with Gasteiger partial charge in [-0.1, -0.05) is 11.6 Å². The molecule has 3 nitrogen and oxygen atoms in total. The van der Waals surface area contributed by atoms with Crippen molar-refractivity contribution in [3.8, 4) is 5.75 Å². The Hall–Kier alpha value is -0.880. The number of halogens is 4. The average molecular weight is 330 g/mol. The molecule has 0 saturated carbocycles. The second-order valence-corrected chi connectivity index (χ2v) is 4.07. The molecule has 1 aromatic rings. The molecule has 17 heavy (non-hydrogen) atoms. The van der Waals surface area contributed by atoms with Gasteiger partial charge in [-0.25, -0.2) is 4.79 Å². The highest BCUT2D eigenvalue weighted by Crippen LogP contribution is 2.36. The maximum atomic E-state index is 12.2. The fourth-order valence-electron chi connectivity index (χ4n) is 1.11. The number of carbonyl (C=O) groups is 1. The van der Waals surface area contributed by atoms with Gasteiger partial charge in [-0.05, 0) is 35.0 Å². The first kappa shape index (κ1) is 14.2. The highest BCUT2D eigenvalue weighted by atomic mass is 79.9. The Kier molecular flexibility index (Phi) is 5.14. The number of hydrogen-bond acceptors (Lipinski definition) is 3. The summed E-state index contributed by atoms with van der Waals surface area (Å²) in [6, 6.07) is 2.75. The van der Waals surface area contributed by atoms with E-state index in [4.69, 9.17) is 16.3 Å². The van der Waals surface area contributed by atoms with E-state index in [9.17, 15) is 13.6 Å². The summed E-state index contributed by atoms with van der Waals surface area (Å²) in [4.78, 5) is 11.5. The highest BCUT2D eigenvalue weighted by molar-refractivity contribution is 9.10. The molecule has 0 aromatic heterocycles. The molecule has 0 saturated heterocycles. The molecule has 1 rings (SSSR count). The Balaban J connectivity index is 3.19. The van der Waals surface area contributed by atoms with Gasteiger partial charge in [0.1, 0.15) is 5.56 Å².